The fourth-order valence-corrected chi connectivity index (χ4v) is 8.15. The van der Waals surface area contributed by atoms with E-state index in [0.29, 0.717) is 13.0 Å². The van der Waals surface area contributed by atoms with Crippen LogP contribution in [-0.4, -0.2) is 60.5 Å². The van der Waals surface area contributed by atoms with E-state index in [2.05, 4.69) is 86.8 Å². The molecule has 0 radical (unpaired) electrons. The van der Waals surface area contributed by atoms with Gasteiger partial charge in [0, 0.05) is 13.0 Å². The Balaban J connectivity index is 4.17. The van der Waals surface area contributed by atoms with Gasteiger partial charge in [0.2, 0.25) is 0 Å². The highest BCUT2D eigenvalue weighted by Crippen LogP contribution is 2.43. The average Bonchev–Trinajstić information content (AvgIpc) is 3.31. The van der Waals surface area contributed by atoms with Crippen LogP contribution in [0.4, 0.5) is 0 Å². The van der Waals surface area contributed by atoms with Crippen molar-refractivity contribution in [3.63, 3.8) is 0 Å². The summed E-state index contributed by atoms with van der Waals surface area (Å²) in [6.45, 7) is 3.75. The first-order valence-corrected chi connectivity index (χ1v) is 28.5. The molecule has 0 rings (SSSR count). The summed E-state index contributed by atoms with van der Waals surface area (Å²) in [6.07, 6.45) is 65.5. The first-order valence-electron chi connectivity index (χ1n) is 27.0. The summed E-state index contributed by atoms with van der Waals surface area (Å²) in [5.74, 6) is -1.82. The van der Waals surface area contributed by atoms with Crippen molar-refractivity contribution in [3.8, 4) is 0 Å². The lowest BCUT2D eigenvalue weighted by Crippen LogP contribution is -2.34. The van der Waals surface area contributed by atoms with Crippen molar-refractivity contribution in [2.75, 3.05) is 26.4 Å². The molecule has 10 nitrogen and oxygen atoms in total. The molecule has 4 N–H and O–H groups in total. The highest BCUT2D eigenvalue weighted by Gasteiger charge is 2.27. The zero-order valence-corrected chi connectivity index (χ0v) is 43.6. The van der Waals surface area contributed by atoms with Gasteiger partial charge < -0.3 is 25.2 Å². The Morgan fingerprint density at radius 1 is 0.493 bits per heavy atom. The Morgan fingerprint density at radius 3 is 1.27 bits per heavy atom. The third-order valence-corrected chi connectivity index (χ3v) is 12.5. The number of carboxylic acids is 1. The van der Waals surface area contributed by atoms with Crippen LogP contribution in [0.15, 0.2) is 72.9 Å². The lowest BCUT2D eigenvalue weighted by Gasteiger charge is -2.20. The lowest BCUT2D eigenvalue weighted by atomic mass is 10.0. The van der Waals surface area contributed by atoms with Gasteiger partial charge in [-0.1, -0.05) is 234 Å². The normalized spacial score (nSPS) is 14.2. The molecule has 11 heteroatoms. The summed E-state index contributed by atoms with van der Waals surface area (Å²) in [6, 6.07) is -1.48. The Morgan fingerprint density at radius 2 is 0.866 bits per heavy atom. The molecule has 0 aliphatic heterocycles. The zero-order valence-electron chi connectivity index (χ0n) is 42.7. The maximum absolute atomic E-state index is 12.7. The van der Waals surface area contributed by atoms with Crippen LogP contribution in [-0.2, 0) is 32.7 Å². The van der Waals surface area contributed by atoms with E-state index >= 15 is 0 Å². The summed E-state index contributed by atoms with van der Waals surface area (Å²) in [5.41, 5.74) is 5.38. The second-order valence-corrected chi connectivity index (χ2v) is 19.4. The first kappa shape index (κ1) is 64.4. The number of nitrogens with two attached hydrogens (primary N) is 1. The standard InChI is InChI=1S/C56H100NO9P/c1-3-5-7-9-11-13-15-17-19-21-23-25-26-27-29-31-33-35-37-39-41-43-45-47-49-63-50-53(51-64-67(61,62)65-52-54(57)56(59)60)66-55(58)48-46-44-42-40-38-36-34-32-30-28-24-22-20-18-16-14-12-10-8-6-4-2/h6,8,12,14,18,20,24,28,32,34,38,40,53-54H,3-5,7,9-11,13,15-17,19,21-23,25-27,29-31,33,35-37,39,41-52,57H2,1-2H3,(H,59,60)(H,61,62)/b8-6-,14-12-,20-18-,28-24-,34-32-,40-38-. The number of rotatable bonds is 51. The average molecular weight is 962 g/mol. The molecule has 0 aromatic rings. The molecule has 0 bridgehead atoms. The van der Waals surface area contributed by atoms with Crippen molar-refractivity contribution < 1.29 is 42.7 Å². The Hall–Kier alpha value is -2.59. The fraction of sp³-hybridized carbons (Fsp3) is 0.750. The van der Waals surface area contributed by atoms with Crippen LogP contribution < -0.4 is 5.73 Å². The second kappa shape index (κ2) is 51.3. The van der Waals surface area contributed by atoms with Gasteiger partial charge in [0.05, 0.1) is 19.8 Å². The van der Waals surface area contributed by atoms with Crippen LogP contribution in [0.3, 0.4) is 0 Å². The second-order valence-electron chi connectivity index (χ2n) is 18.0. The molecule has 0 fully saturated rings. The predicted octanol–water partition coefficient (Wildman–Crippen LogP) is 16.1. The first-order chi connectivity index (χ1) is 32.7. The van der Waals surface area contributed by atoms with E-state index in [4.69, 9.17) is 29.4 Å². The number of allylic oxidation sites excluding steroid dienone is 12. The van der Waals surface area contributed by atoms with Crippen LogP contribution >= 0.6 is 7.82 Å². The van der Waals surface area contributed by atoms with Crippen molar-refractivity contribution in [3.05, 3.63) is 72.9 Å². The maximum atomic E-state index is 12.7. The van der Waals surface area contributed by atoms with E-state index in [1.54, 1.807) is 0 Å². The summed E-state index contributed by atoms with van der Waals surface area (Å²) >= 11 is 0. The molecule has 0 heterocycles. The van der Waals surface area contributed by atoms with E-state index in [1.807, 2.05) is 0 Å². The topological polar surface area (TPSA) is 155 Å². The van der Waals surface area contributed by atoms with Gasteiger partial charge in [-0.25, -0.2) is 4.57 Å². The monoisotopic (exact) mass is 962 g/mol. The van der Waals surface area contributed by atoms with Crippen LogP contribution in [0.25, 0.3) is 0 Å². The van der Waals surface area contributed by atoms with Crippen molar-refractivity contribution in [2.45, 2.75) is 244 Å². The smallest absolute Gasteiger partial charge is 0.472 e. The number of aliphatic carboxylic acids is 1. The molecule has 0 aromatic carbocycles. The number of hydrogen-bond donors (Lipinski definition) is 3. The van der Waals surface area contributed by atoms with Crippen LogP contribution in [0.2, 0.25) is 0 Å². The van der Waals surface area contributed by atoms with Crippen LogP contribution in [0.5, 0.6) is 0 Å². The van der Waals surface area contributed by atoms with Crippen LogP contribution in [0, 0.1) is 0 Å². The van der Waals surface area contributed by atoms with Gasteiger partial charge >= 0.3 is 19.8 Å². The van der Waals surface area contributed by atoms with Gasteiger partial charge in [0.15, 0.2) is 0 Å². The quantitative estimate of drug-likeness (QED) is 0.0232. The number of ether oxygens (including phenoxy) is 2. The molecular formula is C56H100NO9P. The molecule has 0 aromatic heterocycles. The van der Waals surface area contributed by atoms with Crippen molar-refractivity contribution >= 4 is 19.8 Å². The summed E-state index contributed by atoms with van der Waals surface area (Å²) < 4.78 is 33.5. The van der Waals surface area contributed by atoms with E-state index in [1.165, 1.54) is 135 Å². The molecular weight excluding hydrogens is 862 g/mol. The lowest BCUT2D eigenvalue weighted by molar-refractivity contribution is -0.154. The number of phosphoric ester groups is 1. The molecule has 3 unspecified atom stereocenters. The molecule has 0 amide bonds. The largest absolute Gasteiger partial charge is 0.480 e. The molecule has 0 saturated carbocycles. The molecule has 0 aliphatic rings. The molecule has 388 valence electrons. The predicted molar refractivity (Wildman–Crippen MR) is 281 cm³/mol. The van der Waals surface area contributed by atoms with Crippen LogP contribution in [0.1, 0.15) is 232 Å². The molecule has 0 spiro atoms. The number of unbranched alkanes of at least 4 members (excludes halogenated alkanes) is 25. The maximum Gasteiger partial charge on any atom is 0.472 e. The Bertz CT molecular complexity index is 1340. The highest BCUT2D eigenvalue weighted by molar-refractivity contribution is 7.47. The third-order valence-electron chi connectivity index (χ3n) is 11.5. The van der Waals surface area contributed by atoms with Gasteiger partial charge in [-0.15, -0.1) is 0 Å². The highest BCUT2D eigenvalue weighted by atomic mass is 31.2. The summed E-state index contributed by atoms with van der Waals surface area (Å²) in [7, 11) is -4.64. The van der Waals surface area contributed by atoms with Gasteiger partial charge in [-0.05, 0) is 64.2 Å². The van der Waals surface area contributed by atoms with E-state index in [9.17, 15) is 19.0 Å². The van der Waals surface area contributed by atoms with Crippen molar-refractivity contribution in [2.24, 2.45) is 5.73 Å². The van der Waals surface area contributed by atoms with Crippen molar-refractivity contribution in [1.29, 1.82) is 0 Å². The number of hydrogen-bond acceptors (Lipinski definition) is 8. The summed E-state index contributed by atoms with van der Waals surface area (Å²) in [5, 5.41) is 8.94. The SMILES string of the molecule is CC/C=C\C/C=C\C/C=C\C/C=C\C/C=C\C/C=C\CCCCC(=O)OC(COCCCCCCCCCCCCCCCCCCCCCCCCCC)COP(=O)(O)OCC(N)C(=O)O. The minimum absolute atomic E-state index is 0.00171. The van der Waals surface area contributed by atoms with E-state index in [-0.39, 0.29) is 13.0 Å². The number of carbonyl (C=O) groups excluding carboxylic acids is 1. The minimum Gasteiger partial charge on any atom is -0.480 e. The Labute approximate surface area is 410 Å². The van der Waals surface area contributed by atoms with E-state index < -0.39 is 45.1 Å². The van der Waals surface area contributed by atoms with Crippen molar-refractivity contribution in [1.82, 2.24) is 0 Å². The molecule has 3 atom stereocenters. The third kappa shape index (κ3) is 51.1. The van der Waals surface area contributed by atoms with E-state index in [0.717, 1.165) is 70.6 Å². The number of carboxylic acid groups (broad SMARTS) is 1. The van der Waals surface area contributed by atoms with Gasteiger partial charge in [-0.3, -0.25) is 18.6 Å². The Kier molecular flexibility index (Phi) is 49.3. The fourth-order valence-electron chi connectivity index (χ4n) is 7.37. The zero-order chi connectivity index (χ0) is 49.0. The molecule has 0 saturated heterocycles. The molecule has 0 aliphatic carbocycles. The minimum atomic E-state index is -4.64. The van der Waals surface area contributed by atoms with Gasteiger partial charge in [-0.2, -0.15) is 0 Å². The van der Waals surface area contributed by atoms with Gasteiger partial charge in [0.25, 0.3) is 0 Å². The number of esters is 1. The molecule has 67 heavy (non-hydrogen) atoms. The van der Waals surface area contributed by atoms with Gasteiger partial charge in [0.1, 0.15) is 12.1 Å². The number of carbonyl (C=O) groups is 2. The summed E-state index contributed by atoms with van der Waals surface area (Å²) in [4.78, 5) is 33.7. The number of phosphoric acid groups is 1.